The van der Waals surface area contributed by atoms with Crippen LogP contribution in [0.5, 0.6) is 0 Å². The number of nitrogens with two attached hydrogens (primary N) is 1. The van der Waals surface area contributed by atoms with Crippen LogP contribution in [0.15, 0.2) is 17.5 Å². The molecule has 0 spiro atoms. The van der Waals surface area contributed by atoms with Crippen molar-refractivity contribution in [1.82, 2.24) is 0 Å². The fourth-order valence-corrected chi connectivity index (χ4v) is 3.03. The highest BCUT2D eigenvalue weighted by molar-refractivity contribution is 14.1. The lowest BCUT2D eigenvalue weighted by Gasteiger charge is -2.00. The zero-order valence-electron chi connectivity index (χ0n) is 6.54. The van der Waals surface area contributed by atoms with Gasteiger partial charge in [-0.2, -0.15) is 5.26 Å². The van der Waals surface area contributed by atoms with Crippen molar-refractivity contribution in [1.29, 1.82) is 5.26 Å². The Morgan fingerprint density at radius 1 is 1.54 bits per heavy atom. The second-order valence-corrected chi connectivity index (χ2v) is 4.67. The molecule has 0 radical (unpaired) electrons. The van der Waals surface area contributed by atoms with Crippen LogP contribution >= 0.6 is 33.9 Å². The van der Waals surface area contributed by atoms with Gasteiger partial charge in [-0.3, -0.25) is 0 Å². The first-order valence-corrected chi connectivity index (χ1v) is 5.55. The molecule has 2 aromatic rings. The summed E-state index contributed by atoms with van der Waals surface area (Å²) in [6, 6.07) is 5.95. The molecule has 1 heterocycles. The van der Waals surface area contributed by atoms with Crippen LogP contribution in [0.4, 0.5) is 5.69 Å². The zero-order chi connectivity index (χ0) is 9.42. The normalized spacial score (nSPS) is 10.2. The van der Waals surface area contributed by atoms with E-state index in [4.69, 9.17) is 11.0 Å². The predicted octanol–water partition coefficient (Wildman–Crippen LogP) is 2.96. The predicted molar refractivity (Wildman–Crippen MR) is 63.7 cm³/mol. The Hall–Kier alpha value is -0.800. The second-order valence-electron chi connectivity index (χ2n) is 2.59. The molecule has 0 amide bonds. The Bertz CT molecular complexity index is 510. The molecule has 1 aromatic heterocycles. The van der Waals surface area contributed by atoms with E-state index in [-0.39, 0.29) is 0 Å². The summed E-state index contributed by atoms with van der Waals surface area (Å²) >= 11 is 3.80. The molecule has 2 rings (SSSR count). The third kappa shape index (κ3) is 1.28. The van der Waals surface area contributed by atoms with Crippen molar-refractivity contribution in [3.63, 3.8) is 0 Å². The number of nitriles is 1. The molecule has 0 unspecified atom stereocenters. The Labute approximate surface area is 93.1 Å². The molecule has 0 aliphatic carbocycles. The van der Waals surface area contributed by atoms with E-state index in [9.17, 15) is 0 Å². The molecule has 0 saturated carbocycles. The summed E-state index contributed by atoms with van der Waals surface area (Å²) < 4.78 is 2.10. The molecule has 0 bridgehead atoms. The van der Waals surface area contributed by atoms with Crippen LogP contribution in [0, 0.1) is 14.9 Å². The Morgan fingerprint density at radius 3 is 3.00 bits per heavy atom. The molecule has 2 N–H and O–H groups in total. The Morgan fingerprint density at radius 2 is 2.31 bits per heavy atom. The fourth-order valence-electron chi connectivity index (χ4n) is 1.20. The fraction of sp³-hybridized carbons (Fsp3) is 0. The Kier molecular flexibility index (Phi) is 2.14. The Balaban J connectivity index is 2.95. The summed E-state index contributed by atoms with van der Waals surface area (Å²) in [5, 5.41) is 11.9. The van der Waals surface area contributed by atoms with Gasteiger partial charge in [0.25, 0.3) is 0 Å². The minimum absolute atomic E-state index is 0.569. The number of anilines is 1. The van der Waals surface area contributed by atoms with Crippen molar-refractivity contribution in [2.75, 3.05) is 5.73 Å². The summed E-state index contributed by atoms with van der Waals surface area (Å²) in [5.74, 6) is 0. The van der Waals surface area contributed by atoms with Crippen molar-refractivity contribution in [2.24, 2.45) is 0 Å². The zero-order valence-corrected chi connectivity index (χ0v) is 9.52. The number of rotatable bonds is 0. The molecule has 13 heavy (non-hydrogen) atoms. The average molecular weight is 300 g/mol. The smallest absolute Gasteiger partial charge is 0.101 e. The summed E-state index contributed by atoms with van der Waals surface area (Å²) in [5.41, 5.74) is 7.00. The van der Waals surface area contributed by atoms with Crippen LogP contribution in [0.25, 0.3) is 10.1 Å². The lowest BCUT2D eigenvalue weighted by Crippen LogP contribution is -1.91. The van der Waals surface area contributed by atoms with Crippen LogP contribution < -0.4 is 5.73 Å². The summed E-state index contributed by atoms with van der Waals surface area (Å²) in [7, 11) is 0. The number of nitrogens with zero attached hydrogens (tertiary/aromatic N) is 1. The van der Waals surface area contributed by atoms with Gasteiger partial charge < -0.3 is 5.73 Å². The summed E-state index contributed by atoms with van der Waals surface area (Å²) in [6.07, 6.45) is 0. The maximum Gasteiger partial charge on any atom is 0.101 e. The van der Waals surface area contributed by atoms with Gasteiger partial charge in [0, 0.05) is 8.96 Å². The van der Waals surface area contributed by atoms with Crippen molar-refractivity contribution in [3.8, 4) is 6.07 Å². The van der Waals surface area contributed by atoms with Gasteiger partial charge in [0.1, 0.15) is 6.07 Å². The van der Waals surface area contributed by atoms with Crippen LogP contribution in [-0.4, -0.2) is 0 Å². The third-order valence-corrected chi connectivity index (χ3v) is 3.69. The summed E-state index contributed by atoms with van der Waals surface area (Å²) in [6.45, 7) is 0. The van der Waals surface area contributed by atoms with Crippen molar-refractivity contribution in [3.05, 3.63) is 26.6 Å². The minimum Gasteiger partial charge on any atom is -0.396 e. The van der Waals surface area contributed by atoms with E-state index in [0.717, 1.165) is 13.7 Å². The maximum absolute atomic E-state index is 8.81. The van der Waals surface area contributed by atoms with Gasteiger partial charge in [-0.1, -0.05) is 0 Å². The molecule has 0 saturated heterocycles. The highest BCUT2D eigenvalue weighted by Crippen LogP contribution is 2.32. The van der Waals surface area contributed by atoms with Gasteiger partial charge in [-0.25, -0.2) is 0 Å². The number of fused-ring (bicyclic) bond motifs is 1. The number of hydrogen-bond donors (Lipinski definition) is 1. The van der Waals surface area contributed by atoms with E-state index in [2.05, 4.69) is 28.7 Å². The molecule has 1 aromatic carbocycles. The van der Waals surface area contributed by atoms with Gasteiger partial charge >= 0.3 is 0 Å². The monoisotopic (exact) mass is 300 g/mol. The molecule has 2 nitrogen and oxygen atoms in total. The van der Waals surface area contributed by atoms with E-state index in [1.54, 1.807) is 11.3 Å². The van der Waals surface area contributed by atoms with Crippen molar-refractivity contribution < 1.29 is 0 Å². The third-order valence-electron chi connectivity index (χ3n) is 1.85. The topological polar surface area (TPSA) is 49.8 Å². The van der Waals surface area contributed by atoms with E-state index in [0.29, 0.717) is 11.3 Å². The molecule has 0 aliphatic heterocycles. The number of hydrogen-bond acceptors (Lipinski definition) is 3. The van der Waals surface area contributed by atoms with Crippen molar-refractivity contribution in [2.45, 2.75) is 0 Å². The van der Waals surface area contributed by atoms with E-state index >= 15 is 0 Å². The maximum atomic E-state index is 8.81. The van der Waals surface area contributed by atoms with Crippen LogP contribution in [-0.2, 0) is 0 Å². The highest BCUT2D eigenvalue weighted by atomic mass is 127. The minimum atomic E-state index is 0.569. The molecule has 4 heteroatoms. The van der Waals surface area contributed by atoms with Gasteiger partial charge in [-0.05, 0) is 40.1 Å². The highest BCUT2D eigenvalue weighted by Gasteiger charge is 2.08. The molecular weight excluding hydrogens is 295 g/mol. The molecule has 0 fully saturated rings. The number of thiophene rings is 1. The molecule has 0 aliphatic rings. The van der Waals surface area contributed by atoms with E-state index < -0.39 is 0 Å². The van der Waals surface area contributed by atoms with Crippen LogP contribution in [0.1, 0.15) is 5.56 Å². The molecule has 0 atom stereocenters. The first-order valence-electron chi connectivity index (χ1n) is 3.59. The van der Waals surface area contributed by atoms with E-state index in [1.165, 1.54) is 0 Å². The second kappa shape index (κ2) is 3.16. The summed E-state index contributed by atoms with van der Waals surface area (Å²) in [4.78, 5) is 0. The molecular formula is C9H5IN2S. The quantitative estimate of drug-likeness (QED) is 0.600. The van der Waals surface area contributed by atoms with Crippen LogP contribution in [0.2, 0.25) is 0 Å². The largest absolute Gasteiger partial charge is 0.396 e. The number of halogens is 1. The first kappa shape index (κ1) is 8.78. The van der Waals surface area contributed by atoms with Crippen molar-refractivity contribution >= 4 is 49.7 Å². The van der Waals surface area contributed by atoms with Crippen LogP contribution in [0.3, 0.4) is 0 Å². The van der Waals surface area contributed by atoms with E-state index in [1.807, 2.05) is 17.5 Å². The lowest BCUT2D eigenvalue weighted by molar-refractivity contribution is 1.49. The standard InChI is InChI=1S/C9H5IN2S/c10-7-3-5(4-11)8(12)9-6(7)1-2-13-9/h1-3H,12H2. The van der Waals surface area contributed by atoms with Gasteiger partial charge in [0.15, 0.2) is 0 Å². The average Bonchev–Trinajstić information content (AvgIpc) is 2.60. The lowest BCUT2D eigenvalue weighted by atomic mass is 10.1. The number of benzene rings is 1. The molecule has 64 valence electrons. The van der Waals surface area contributed by atoms with Gasteiger partial charge in [-0.15, -0.1) is 11.3 Å². The SMILES string of the molecule is N#Cc1cc(I)c2ccsc2c1N. The first-order chi connectivity index (χ1) is 6.24. The number of nitrogen functional groups attached to an aromatic ring is 1. The van der Waals surface area contributed by atoms with Gasteiger partial charge in [0.2, 0.25) is 0 Å². The van der Waals surface area contributed by atoms with Gasteiger partial charge in [0.05, 0.1) is 16.0 Å².